The number of likely N-dealkylation sites (tertiary alicyclic amines) is 1. The summed E-state index contributed by atoms with van der Waals surface area (Å²) < 4.78 is 32.9. The van der Waals surface area contributed by atoms with Crippen LogP contribution in [0.1, 0.15) is 12.0 Å². The predicted molar refractivity (Wildman–Crippen MR) is 128 cm³/mol. The van der Waals surface area contributed by atoms with Gasteiger partial charge >= 0.3 is 0 Å². The Labute approximate surface area is 196 Å². The highest BCUT2D eigenvalue weighted by molar-refractivity contribution is 7.89. The number of methoxy groups -OCH3 is 1. The minimum atomic E-state index is -3.80. The molecule has 1 saturated heterocycles. The number of oxime groups is 1. The average Bonchev–Trinajstić information content (AvgIpc) is 3.48. The fourth-order valence-corrected chi connectivity index (χ4v) is 5.68. The van der Waals surface area contributed by atoms with Crippen LogP contribution in [-0.4, -0.2) is 61.8 Å². The van der Waals surface area contributed by atoms with Gasteiger partial charge in [0.25, 0.3) is 0 Å². The van der Waals surface area contributed by atoms with Crippen molar-refractivity contribution < 1.29 is 23.2 Å². The largest absolute Gasteiger partial charge is 0.497 e. The Morgan fingerprint density at radius 2 is 2.00 bits per heavy atom. The van der Waals surface area contributed by atoms with Crippen LogP contribution in [0.2, 0.25) is 0 Å². The molecule has 0 spiro atoms. The molecule has 1 atom stereocenters. The van der Waals surface area contributed by atoms with E-state index in [2.05, 4.69) is 10.9 Å². The first-order valence-corrected chi connectivity index (χ1v) is 12.4. The lowest BCUT2D eigenvalue weighted by Crippen LogP contribution is -2.42. The molecule has 0 unspecified atom stereocenters. The molecule has 3 aromatic rings. The summed E-state index contributed by atoms with van der Waals surface area (Å²) >= 11 is 1.58. The van der Waals surface area contributed by atoms with E-state index in [1.54, 1.807) is 47.6 Å². The summed E-state index contributed by atoms with van der Waals surface area (Å²) in [6.07, 6.45) is 1.29. The molecular formula is C22H26N4O5S2. The van der Waals surface area contributed by atoms with Crippen molar-refractivity contribution in [3.05, 3.63) is 58.8 Å². The molecular weight excluding hydrogens is 464 g/mol. The fraction of sp³-hybridized carbons (Fsp3) is 0.273. The van der Waals surface area contributed by atoms with Gasteiger partial charge in [0.15, 0.2) is 0 Å². The molecule has 2 aromatic carbocycles. The van der Waals surface area contributed by atoms with Crippen LogP contribution in [0.25, 0.3) is 10.8 Å². The minimum Gasteiger partial charge on any atom is -0.497 e. The number of hydrogen-bond acceptors (Lipinski definition) is 7. The van der Waals surface area contributed by atoms with Gasteiger partial charge in [-0.15, -0.1) is 0 Å². The van der Waals surface area contributed by atoms with Crippen molar-refractivity contribution in [2.45, 2.75) is 23.9 Å². The van der Waals surface area contributed by atoms with Crippen LogP contribution in [0.15, 0.2) is 63.3 Å². The Bertz CT molecular complexity index is 1220. The zero-order chi connectivity index (χ0) is 24.0. The highest BCUT2D eigenvalue weighted by atomic mass is 32.2. The molecule has 1 aromatic heterocycles. The van der Waals surface area contributed by atoms with E-state index in [0.717, 1.165) is 22.7 Å². The Morgan fingerprint density at radius 1 is 1.27 bits per heavy atom. The maximum atomic E-state index is 13.2. The van der Waals surface area contributed by atoms with Gasteiger partial charge in [0.1, 0.15) is 18.1 Å². The van der Waals surface area contributed by atoms with Crippen molar-refractivity contribution in [1.29, 1.82) is 0 Å². The number of thiophene rings is 1. The summed E-state index contributed by atoms with van der Waals surface area (Å²) in [5.74, 6) is 0.514. The van der Waals surface area contributed by atoms with Gasteiger partial charge in [-0.05, 0) is 63.8 Å². The smallest absolute Gasteiger partial charge is 0.243 e. The Balaban J connectivity index is 0.000000709. The summed E-state index contributed by atoms with van der Waals surface area (Å²) in [4.78, 5) is 14.8. The number of fused-ring (bicyclic) bond motifs is 1. The lowest BCUT2D eigenvalue weighted by Gasteiger charge is -2.23. The molecule has 1 aliphatic heterocycles. The third-order valence-electron chi connectivity index (χ3n) is 5.42. The second kappa shape index (κ2) is 10.6. The molecule has 4 rings (SSSR count). The number of ether oxygens (including phenoxy) is 1. The van der Waals surface area contributed by atoms with Gasteiger partial charge in [0.2, 0.25) is 15.9 Å². The van der Waals surface area contributed by atoms with Crippen molar-refractivity contribution in [3.63, 3.8) is 0 Å². The van der Waals surface area contributed by atoms with Gasteiger partial charge in [0, 0.05) is 20.1 Å². The van der Waals surface area contributed by atoms with Crippen LogP contribution in [0, 0.1) is 0 Å². The second-order valence-electron chi connectivity index (χ2n) is 7.36. The molecule has 3 N–H and O–H groups in total. The number of carbonyl (C=O) groups is 1. The topological polar surface area (TPSA) is 126 Å². The van der Waals surface area contributed by atoms with Gasteiger partial charge in [0.05, 0.1) is 12.0 Å². The Hall–Kier alpha value is -3.15. The monoisotopic (exact) mass is 490 g/mol. The van der Waals surface area contributed by atoms with Crippen LogP contribution < -0.4 is 10.5 Å². The normalized spacial score (nSPS) is 16.4. The van der Waals surface area contributed by atoms with Crippen molar-refractivity contribution in [3.8, 4) is 5.75 Å². The summed E-state index contributed by atoms with van der Waals surface area (Å²) in [5.41, 5.74) is 5.55. The van der Waals surface area contributed by atoms with Crippen LogP contribution >= 0.6 is 11.3 Å². The molecule has 0 bridgehead atoms. The van der Waals surface area contributed by atoms with E-state index < -0.39 is 16.1 Å². The number of hydrogen-bond donors (Lipinski definition) is 2. The van der Waals surface area contributed by atoms with Crippen molar-refractivity contribution in [1.82, 2.24) is 9.21 Å². The zero-order valence-corrected chi connectivity index (χ0v) is 19.9. The Morgan fingerprint density at radius 3 is 2.64 bits per heavy atom. The number of benzene rings is 2. The van der Waals surface area contributed by atoms with Crippen LogP contribution in [0.5, 0.6) is 5.75 Å². The van der Waals surface area contributed by atoms with E-state index >= 15 is 0 Å². The molecule has 1 amide bonds. The van der Waals surface area contributed by atoms with E-state index in [0.29, 0.717) is 25.3 Å². The van der Waals surface area contributed by atoms with E-state index in [9.17, 15) is 13.2 Å². The minimum absolute atomic E-state index is 0.148. The van der Waals surface area contributed by atoms with E-state index in [1.807, 2.05) is 29.0 Å². The summed E-state index contributed by atoms with van der Waals surface area (Å²) in [5, 5.41) is 15.4. The van der Waals surface area contributed by atoms with Crippen LogP contribution in [-0.2, 0) is 21.4 Å². The fourth-order valence-electron chi connectivity index (χ4n) is 3.64. The number of carbonyl (C=O) groups excluding carboxylic acids is 1. The summed E-state index contributed by atoms with van der Waals surface area (Å²) in [6, 6.07) is 11.8. The summed E-state index contributed by atoms with van der Waals surface area (Å²) in [6.45, 7) is 1.07. The van der Waals surface area contributed by atoms with E-state index in [4.69, 9.17) is 9.94 Å². The molecule has 0 saturated carbocycles. The third kappa shape index (κ3) is 5.44. The molecule has 33 heavy (non-hydrogen) atoms. The molecule has 0 aliphatic carbocycles. The highest BCUT2D eigenvalue weighted by Crippen LogP contribution is 2.28. The molecule has 2 heterocycles. The lowest BCUT2D eigenvalue weighted by atomic mass is 10.1. The number of nitrogens with two attached hydrogens (primary N) is 1. The van der Waals surface area contributed by atoms with Crippen LogP contribution in [0.3, 0.4) is 0 Å². The molecule has 0 radical (unpaired) electrons. The van der Waals surface area contributed by atoms with E-state index in [1.165, 1.54) is 11.4 Å². The summed E-state index contributed by atoms with van der Waals surface area (Å²) in [7, 11) is -0.744. The molecule has 1 aliphatic rings. The number of nitrogens with zero attached hydrogens (tertiary/aromatic N) is 3. The number of likely N-dealkylation sites (N-methyl/N-ethyl adjacent to an activating group) is 1. The quantitative estimate of drug-likeness (QED) is 0.237. The predicted octanol–water partition coefficient (Wildman–Crippen LogP) is 2.69. The Kier molecular flexibility index (Phi) is 7.90. The first kappa shape index (κ1) is 24.5. The first-order valence-electron chi connectivity index (χ1n) is 10.0. The standard InChI is InChI=1S/C21H22N2O4S2.CH4N2O/c1-22(20-7-9-23(21(20)24)13-15-8-10-28-14-15)29(25,26)19-6-4-16-3-5-18(27-2)11-17(16)12-19;2-1-3-4/h3-6,8,10-12,14,20H,7,9,13H2,1-2H3;1,4H,(H2,2,3)/t20-;/m0./s1. The van der Waals surface area contributed by atoms with E-state index in [-0.39, 0.29) is 10.8 Å². The number of amides is 1. The maximum Gasteiger partial charge on any atom is 0.243 e. The molecule has 176 valence electrons. The molecule has 11 heteroatoms. The van der Waals surface area contributed by atoms with Crippen LogP contribution in [0.4, 0.5) is 0 Å². The lowest BCUT2D eigenvalue weighted by molar-refractivity contribution is -0.131. The van der Waals surface area contributed by atoms with Crippen molar-refractivity contribution in [2.75, 3.05) is 20.7 Å². The SMILES string of the molecule is COc1ccc2ccc(S(=O)(=O)N(C)[C@H]3CCN(Cc4ccsc4)C3=O)cc2c1.NC=NO. The van der Waals surface area contributed by atoms with Gasteiger partial charge in [-0.1, -0.05) is 17.3 Å². The maximum absolute atomic E-state index is 13.2. The van der Waals surface area contributed by atoms with Crippen molar-refractivity contribution in [2.24, 2.45) is 10.9 Å². The first-order chi connectivity index (χ1) is 15.8. The van der Waals surface area contributed by atoms with Gasteiger partial charge in [-0.25, -0.2) is 8.42 Å². The number of rotatable bonds is 6. The van der Waals surface area contributed by atoms with Gasteiger partial charge < -0.3 is 20.6 Å². The molecule has 1 fully saturated rings. The number of sulfonamides is 1. The second-order valence-corrected chi connectivity index (χ2v) is 10.1. The molecule has 9 nitrogen and oxygen atoms in total. The average molecular weight is 491 g/mol. The third-order valence-corrected chi connectivity index (χ3v) is 8.02. The zero-order valence-electron chi connectivity index (χ0n) is 18.3. The van der Waals surface area contributed by atoms with Gasteiger partial charge in [-0.2, -0.15) is 15.6 Å². The highest BCUT2D eigenvalue weighted by Gasteiger charge is 2.39. The van der Waals surface area contributed by atoms with Gasteiger partial charge in [-0.3, -0.25) is 4.79 Å². The van der Waals surface area contributed by atoms with Crippen molar-refractivity contribution >= 4 is 44.4 Å².